The van der Waals surface area contributed by atoms with Crippen molar-refractivity contribution in [2.24, 2.45) is 0 Å². The number of ether oxygens (including phenoxy) is 1. The molecule has 2 aliphatic rings. The summed E-state index contributed by atoms with van der Waals surface area (Å²) in [5, 5.41) is 2.96. The normalized spacial score (nSPS) is 23.9. The Labute approximate surface area is 174 Å². The summed E-state index contributed by atoms with van der Waals surface area (Å²) in [4.78, 5) is 14.8. The minimum Gasteiger partial charge on any atom is -0.483 e. The van der Waals surface area contributed by atoms with Crippen LogP contribution in [0.3, 0.4) is 0 Å². The fraction of sp³-hybridized carbons (Fsp3) is 0.435. The number of hydrogen-bond acceptors (Lipinski definition) is 3. The summed E-state index contributed by atoms with van der Waals surface area (Å²) < 4.78 is 44.3. The van der Waals surface area contributed by atoms with Crippen molar-refractivity contribution in [1.82, 2.24) is 10.2 Å². The number of hydrogen-bond donors (Lipinski definition) is 1. The Morgan fingerprint density at radius 2 is 1.63 bits per heavy atom. The van der Waals surface area contributed by atoms with Crippen LogP contribution < -0.4 is 10.1 Å². The molecule has 2 unspecified atom stereocenters. The van der Waals surface area contributed by atoms with E-state index in [1.807, 2.05) is 18.2 Å². The van der Waals surface area contributed by atoms with Gasteiger partial charge in [-0.05, 0) is 43.4 Å². The molecule has 2 fully saturated rings. The molecule has 0 saturated carbocycles. The molecule has 0 radical (unpaired) electrons. The lowest BCUT2D eigenvalue weighted by atomic mass is 9.96. The second-order valence-corrected chi connectivity index (χ2v) is 8.06. The lowest BCUT2D eigenvalue weighted by Gasteiger charge is -2.39. The number of fused-ring (bicyclic) bond motifs is 2. The van der Waals surface area contributed by atoms with Crippen LogP contribution in [0.15, 0.2) is 54.6 Å². The first-order valence-electron chi connectivity index (χ1n) is 10.3. The summed E-state index contributed by atoms with van der Waals surface area (Å²) in [6.45, 7) is 0.487. The highest BCUT2D eigenvalue weighted by Gasteiger charge is 2.41. The van der Waals surface area contributed by atoms with Gasteiger partial charge >= 0.3 is 6.18 Å². The van der Waals surface area contributed by atoms with E-state index in [-0.39, 0.29) is 17.7 Å². The van der Waals surface area contributed by atoms with Gasteiger partial charge in [0.05, 0.1) is 5.56 Å². The van der Waals surface area contributed by atoms with Crippen LogP contribution >= 0.6 is 0 Å². The molecule has 4 rings (SSSR count). The summed E-state index contributed by atoms with van der Waals surface area (Å²) in [6.07, 6.45) is -0.584. The van der Waals surface area contributed by atoms with Gasteiger partial charge in [-0.25, -0.2) is 0 Å². The minimum atomic E-state index is -4.52. The van der Waals surface area contributed by atoms with Gasteiger partial charge < -0.3 is 10.1 Å². The van der Waals surface area contributed by atoms with Gasteiger partial charge in [0.2, 0.25) is 0 Å². The summed E-state index contributed by atoms with van der Waals surface area (Å²) in [5.41, 5.74) is 0.415. The van der Waals surface area contributed by atoms with Crippen molar-refractivity contribution >= 4 is 5.91 Å². The number of amides is 1. The third-order valence-electron chi connectivity index (χ3n) is 6.01. The molecule has 2 saturated heterocycles. The number of benzene rings is 2. The van der Waals surface area contributed by atoms with Gasteiger partial charge in [-0.15, -0.1) is 0 Å². The summed E-state index contributed by atoms with van der Waals surface area (Å²) >= 11 is 0. The van der Waals surface area contributed by atoms with Crippen LogP contribution in [-0.2, 0) is 17.5 Å². The molecule has 0 spiro atoms. The minimum absolute atomic E-state index is 0.0310. The van der Waals surface area contributed by atoms with E-state index in [0.717, 1.165) is 38.3 Å². The van der Waals surface area contributed by atoms with Crippen molar-refractivity contribution in [3.05, 3.63) is 65.7 Å². The zero-order valence-corrected chi connectivity index (χ0v) is 16.6. The van der Waals surface area contributed by atoms with Gasteiger partial charge in [-0.1, -0.05) is 42.5 Å². The van der Waals surface area contributed by atoms with E-state index in [9.17, 15) is 18.0 Å². The zero-order valence-electron chi connectivity index (χ0n) is 16.6. The van der Waals surface area contributed by atoms with Gasteiger partial charge in [0.25, 0.3) is 5.91 Å². The van der Waals surface area contributed by atoms with Gasteiger partial charge in [0.1, 0.15) is 5.75 Å². The number of para-hydroxylation sites is 1. The second-order valence-electron chi connectivity index (χ2n) is 8.06. The van der Waals surface area contributed by atoms with Gasteiger partial charge in [-0.3, -0.25) is 9.69 Å². The molecule has 1 amide bonds. The maximum absolute atomic E-state index is 13.0. The first-order chi connectivity index (χ1) is 14.4. The fourth-order valence-corrected chi connectivity index (χ4v) is 4.68. The molecule has 160 valence electrons. The van der Waals surface area contributed by atoms with Crippen molar-refractivity contribution in [2.45, 2.75) is 56.5 Å². The Bertz CT molecular complexity index is 858. The molecule has 1 N–H and O–H groups in total. The van der Waals surface area contributed by atoms with Crippen LogP contribution in [-0.4, -0.2) is 35.5 Å². The van der Waals surface area contributed by atoms with E-state index < -0.39 is 18.3 Å². The van der Waals surface area contributed by atoms with Crippen molar-refractivity contribution in [3.8, 4) is 5.75 Å². The molecule has 2 aromatic rings. The zero-order chi connectivity index (χ0) is 21.1. The number of nitrogens with zero attached hydrogens (tertiary/aromatic N) is 1. The van der Waals surface area contributed by atoms with Crippen molar-refractivity contribution < 1.29 is 22.7 Å². The third-order valence-corrected chi connectivity index (χ3v) is 6.01. The SMILES string of the molecule is O=C(COc1ccccc1C(F)(F)F)NC1CC2CCC(C1)N2Cc1ccccc1. The lowest BCUT2D eigenvalue weighted by Crippen LogP contribution is -2.50. The molecule has 0 aliphatic carbocycles. The van der Waals surface area contributed by atoms with E-state index in [4.69, 9.17) is 4.74 Å². The van der Waals surface area contributed by atoms with E-state index in [2.05, 4.69) is 22.3 Å². The van der Waals surface area contributed by atoms with Gasteiger partial charge in [0, 0.05) is 24.7 Å². The fourth-order valence-electron chi connectivity index (χ4n) is 4.68. The average Bonchev–Trinajstić information content (AvgIpc) is 2.95. The topological polar surface area (TPSA) is 41.6 Å². The molecule has 7 heteroatoms. The average molecular weight is 418 g/mol. The Morgan fingerprint density at radius 1 is 1.00 bits per heavy atom. The molecule has 30 heavy (non-hydrogen) atoms. The van der Waals surface area contributed by atoms with Crippen molar-refractivity contribution in [1.29, 1.82) is 0 Å². The maximum atomic E-state index is 13.0. The molecular weight excluding hydrogens is 393 g/mol. The van der Waals surface area contributed by atoms with E-state index in [0.29, 0.717) is 12.1 Å². The number of alkyl halides is 3. The van der Waals surface area contributed by atoms with E-state index in [1.54, 1.807) is 0 Å². The van der Waals surface area contributed by atoms with E-state index >= 15 is 0 Å². The first kappa shape index (κ1) is 20.7. The molecular formula is C23H25F3N2O2. The van der Waals surface area contributed by atoms with E-state index in [1.165, 1.54) is 23.8 Å². The predicted molar refractivity (Wildman–Crippen MR) is 107 cm³/mol. The van der Waals surface area contributed by atoms with Crippen LogP contribution in [0.4, 0.5) is 13.2 Å². The van der Waals surface area contributed by atoms with Gasteiger partial charge in [0.15, 0.2) is 6.61 Å². The number of carbonyl (C=O) groups is 1. The number of piperidine rings is 1. The molecule has 2 aromatic carbocycles. The highest BCUT2D eigenvalue weighted by atomic mass is 19.4. The number of halogens is 3. The first-order valence-corrected chi connectivity index (χ1v) is 10.3. The lowest BCUT2D eigenvalue weighted by molar-refractivity contribution is -0.139. The van der Waals surface area contributed by atoms with Gasteiger partial charge in [-0.2, -0.15) is 13.2 Å². The molecule has 0 aromatic heterocycles. The Balaban J connectivity index is 1.30. The standard InChI is InChI=1S/C23H25F3N2O2/c24-23(25,26)20-8-4-5-9-21(20)30-15-22(29)27-17-12-18-10-11-19(13-17)28(18)14-16-6-2-1-3-7-16/h1-9,17-19H,10-15H2,(H,27,29). The van der Waals surface area contributed by atoms with Crippen LogP contribution in [0.1, 0.15) is 36.8 Å². The third kappa shape index (κ3) is 4.78. The van der Waals surface area contributed by atoms with Crippen LogP contribution in [0, 0.1) is 0 Å². The Kier molecular flexibility index (Phi) is 5.99. The molecule has 2 atom stereocenters. The second kappa shape index (κ2) is 8.68. The quantitative estimate of drug-likeness (QED) is 0.756. The molecule has 2 aliphatic heterocycles. The van der Waals surface area contributed by atoms with Crippen LogP contribution in [0.5, 0.6) is 5.75 Å². The highest BCUT2D eigenvalue weighted by molar-refractivity contribution is 5.78. The smallest absolute Gasteiger partial charge is 0.419 e. The number of rotatable bonds is 6. The largest absolute Gasteiger partial charge is 0.483 e. The summed E-state index contributed by atoms with van der Waals surface area (Å²) in [6, 6.07) is 16.2. The van der Waals surface area contributed by atoms with Crippen molar-refractivity contribution in [3.63, 3.8) is 0 Å². The molecule has 2 heterocycles. The predicted octanol–water partition coefficient (Wildman–Crippen LogP) is 4.40. The molecule has 2 bridgehead atoms. The number of carbonyl (C=O) groups excluding carboxylic acids is 1. The monoisotopic (exact) mass is 418 g/mol. The number of nitrogens with one attached hydrogen (secondary N) is 1. The van der Waals surface area contributed by atoms with Crippen molar-refractivity contribution in [2.75, 3.05) is 6.61 Å². The highest BCUT2D eigenvalue weighted by Crippen LogP contribution is 2.37. The van der Waals surface area contributed by atoms with Crippen LogP contribution in [0.25, 0.3) is 0 Å². The maximum Gasteiger partial charge on any atom is 0.419 e. The Hall–Kier alpha value is -2.54. The molecule has 4 nitrogen and oxygen atoms in total. The summed E-state index contributed by atoms with van der Waals surface area (Å²) in [5.74, 6) is -0.703. The van der Waals surface area contributed by atoms with Crippen LogP contribution in [0.2, 0.25) is 0 Å². The Morgan fingerprint density at radius 3 is 2.30 bits per heavy atom. The summed E-state index contributed by atoms with van der Waals surface area (Å²) in [7, 11) is 0.